The van der Waals surface area contributed by atoms with Crippen LogP contribution in [0.2, 0.25) is 0 Å². The molecule has 0 aliphatic heterocycles. The van der Waals surface area contributed by atoms with Crippen molar-refractivity contribution >= 4 is 17.6 Å². The molecule has 0 saturated heterocycles. The Labute approximate surface area is 106 Å². The summed E-state index contributed by atoms with van der Waals surface area (Å²) in [5.74, 6) is -1.03. The molecule has 0 saturated carbocycles. The summed E-state index contributed by atoms with van der Waals surface area (Å²) in [5, 5.41) is 4.90. The summed E-state index contributed by atoms with van der Waals surface area (Å²) < 4.78 is 5.11. The maximum absolute atomic E-state index is 11.4. The molecule has 2 N–H and O–H groups in total. The van der Waals surface area contributed by atoms with E-state index in [0.717, 1.165) is 0 Å². The smallest absolute Gasteiger partial charge is 0.314 e. The van der Waals surface area contributed by atoms with Crippen molar-refractivity contribution in [3.05, 3.63) is 24.4 Å². The lowest BCUT2D eigenvalue weighted by Crippen LogP contribution is -2.36. The summed E-state index contributed by atoms with van der Waals surface area (Å²) >= 11 is 0. The molecule has 1 aromatic rings. The van der Waals surface area contributed by atoms with Crippen molar-refractivity contribution in [2.75, 3.05) is 25.1 Å². The third-order valence-electron chi connectivity index (χ3n) is 2.07. The molecule has 0 aromatic carbocycles. The Morgan fingerprint density at radius 1 is 1.33 bits per heavy atom. The first-order valence-electron chi connectivity index (χ1n) is 5.82. The van der Waals surface area contributed by atoms with E-state index in [2.05, 4.69) is 15.6 Å². The average molecular weight is 251 g/mol. The second-order valence-electron chi connectivity index (χ2n) is 3.48. The van der Waals surface area contributed by atoms with Gasteiger partial charge >= 0.3 is 11.8 Å². The van der Waals surface area contributed by atoms with Crippen molar-refractivity contribution in [2.24, 2.45) is 0 Å². The third kappa shape index (κ3) is 5.40. The van der Waals surface area contributed by atoms with Gasteiger partial charge in [-0.3, -0.25) is 9.59 Å². The highest BCUT2D eigenvalue weighted by molar-refractivity contribution is 6.39. The summed E-state index contributed by atoms with van der Waals surface area (Å²) in [7, 11) is 0. The van der Waals surface area contributed by atoms with Gasteiger partial charge in [0.2, 0.25) is 0 Å². The van der Waals surface area contributed by atoms with E-state index in [1.54, 1.807) is 18.2 Å². The van der Waals surface area contributed by atoms with Gasteiger partial charge in [0.1, 0.15) is 5.82 Å². The normalized spacial score (nSPS) is 9.83. The number of nitrogens with zero attached hydrogens (tertiary/aromatic N) is 1. The van der Waals surface area contributed by atoms with Gasteiger partial charge in [-0.15, -0.1) is 0 Å². The van der Waals surface area contributed by atoms with Crippen molar-refractivity contribution in [1.82, 2.24) is 10.3 Å². The molecule has 0 bridgehead atoms. The minimum atomic E-state index is -0.717. The van der Waals surface area contributed by atoms with Gasteiger partial charge in [-0.05, 0) is 25.5 Å². The lowest BCUT2D eigenvalue weighted by Gasteiger charge is -2.05. The average Bonchev–Trinajstić information content (AvgIpc) is 2.39. The summed E-state index contributed by atoms with van der Waals surface area (Å²) in [5.41, 5.74) is 0. The zero-order valence-corrected chi connectivity index (χ0v) is 10.3. The van der Waals surface area contributed by atoms with Crippen LogP contribution in [0.5, 0.6) is 0 Å². The van der Waals surface area contributed by atoms with Crippen molar-refractivity contribution in [3.63, 3.8) is 0 Å². The predicted molar refractivity (Wildman–Crippen MR) is 67.0 cm³/mol. The van der Waals surface area contributed by atoms with E-state index < -0.39 is 11.8 Å². The first kappa shape index (κ1) is 14.1. The Morgan fingerprint density at radius 3 is 2.83 bits per heavy atom. The fraction of sp³-hybridized carbons (Fsp3) is 0.417. The molecule has 0 spiro atoms. The van der Waals surface area contributed by atoms with Gasteiger partial charge in [0.15, 0.2) is 0 Å². The van der Waals surface area contributed by atoms with Crippen LogP contribution in [-0.4, -0.2) is 36.6 Å². The van der Waals surface area contributed by atoms with E-state index >= 15 is 0 Å². The van der Waals surface area contributed by atoms with E-state index in [0.29, 0.717) is 32.0 Å². The topological polar surface area (TPSA) is 80.3 Å². The number of pyridine rings is 1. The van der Waals surface area contributed by atoms with E-state index in [1.807, 2.05) is 6.92 Å². The van der Waals surface area contributed by atoms with Crippen LogP contribution in [-0.2, 0) is 14.3 Å². The molecule has 18 heavy (non-hydrogen) atoms. The molecule has 1 aromatic heterocycles. The van der Waals surface area contributed by atoms with Crippen LogP contribution in [0, 0.1) is 0 Å². The molecule has 0 unspecified atom stereocenters. The van der Waals surface area contributed by atoms with Crippen LogP contribution in [0.15, 0.2) is 24.4 Å². The monoisotopic (exact) mass is 251 g/mol. The van der Waals surface area contributed by atoms with E-state index in [-0.39, 0.29) is 0 Å². The molecular formula is C12H17N3O3. The molecule has 0 atom stereocenters. The van der Waals surface area contributed by atoms with E-state index in [4.69, 9.17) is 4.74 Å². The Bertz CT molecular complexity index is 381. The second-order valence-corrected chi connectivity index (χ2v) is 3.48. The highest BCUT2D eigenvalue weighted by Gasteiger charge is 2.12. The SMILES string of the molecule is CCOCCCNC(=O)C(=O)Nc1ccccn1. The van der Waals surface area contributed by atoms with E-state index in [1.165, 1.54) is 6.20 Å². The van der Waals surface area contributed by atoms with Crippen molar-refractivity contribution in [3.8, 4) is 0 Å². The molecule has 0 radical (unpaired) electrons. The second kappa shape index (κ2) is 8.19. The number of hydrogen-bond donors (Lipinski definition) is 2. The van der Waals surface area contributed by atoms with Crippen LogP contribution in [0.3, 0.4) is 0 Å². The predicted octanol–water partition coefficient (Wildman–Crippen LogP) is 0.563. The number of ether oxygens (including phenoxy) is 1. The quantitative estimate of drug-likeness (QED) is 0.572. The first-order valence-corrected chi connectivity index (χ1v) is 5.82. The minimum Gasteiger partial charge on any atom is -0.382 e. The molecule has 6 heteroatoms. The summed E-state index contributed by atoms with van der Waals surface area (Å²) in [4.78, 5) is 26.7. The van der Waals surface area contributed by atoms with Gasteiger partial charge in [0.05, 0.1) is 0 Å². The molecule has 98 valence electrons. The van der Waals surface area contributed by atoms with Crippen LogP contribution >= 0.6 is 0 Å². The lowest BCUT2D eigenvalue weighted by atomic mass is 10.4. The van der Waals surface area contributed by atoms with Crippen molar-refractivity contribution in [2.45, 2.75) is 13.3 Å². The van der Waals surface area contributed by atoms with Gasteiger partial charge < -0.3 is 15.4 Å². The van der Waals surface area contributed by atoms with Gasteiger partial charge in [0.25, 0.3) is 0 Å². The molecule has 0 aliphatic rings. The molecule has 6 nitrogen and oxygen atoms in total. The summed E-state index contributed by atoms with van der Waals surface area (Å²) in [6.07, 6.45) is 2.21. The van der Waals surface area contributed by atoms with E-state index in [9.17, 15) is 9.59 Å². The number of amides is 2. The molecule has 0 fully saturated rings. The van der Waals surface area contributed by atoms with Crippen LogP contribution < -0.4 is 10.6 Å². The van der Waals surface area contributed by atoms with Crippen molar-refractivity contribution in [1.29, 1.82) is 0 Å². The number of aromatic nitrogens is 1. The molecule has 1 heterocycles. The number of rotatable bonds is 6. The number of anilines is 1. The highest BCUT2D eigenvalue weighted by Crippen LogP contribution is 1.98. The summed E-state index contributed by atoms with van der Waals surface area (Å²) in [6.45, 7) is 3.53. The zero-order valence-electron chi connectivity index (χ0n) is 10.3. The number of carbonyl (C=O) groups is 2. The number of hydrogen-bond acceptors (Lipinski definition) is 4. The van der Waals surface area contributed by atoms with Gasteiger partial charge in [-0.25, -0.2) is 4.98 Å². The first-order chi connectivity index (χ1) is 8.74. The van der Waals surface area contributed by atoms with Gasteiger partial charge in [0, 0.05) is 26.0 Å². The fourth-order valence-electron chi connectivity index (χ4n) is 1.21. The van der Waals surface area contributed by atoms with Crippen molar-refractivity contribution < 1.29 is 14.3 Å². The third-order valence-corrected chi connectivity index (χ3v) is 2.07. The Kier molecular flexibility index (Phi) is 6.42. The number of carbonyl (C=O) groups excluding carboxylic acids is 2. The van der Waals surface area contributed by atoms with Gasteiger partial charge in [-0.2, -0.15) is 0 Å². The zero-order chi connectivity index (χ0) is 13.2. The van der Waals surface area contributed by atoms with Gasteiger partial charge in [-0.1, -0.05) is 6.07 Å². The Hall–Kier alpha value is -1.95. The Morgan fingerprint density at radius 2 is 2.17 bits per heavy atom. The molecule has 0 aliphatic carbocycles. The molecule has 1 rings (SSSR count). The van der Waals surface area contributed by atoms with Crippen LogP contribution in [0.25, 0.3) is 0 Å². The van der Waals surface area contributed by atoms with Crippen LogP contribution in [0.4, 0.5) is 5.82 Å². The minimum absolute atomic E-state index is 0.354. The van der Waals surface area contributed by atoms with Crippen LogP contribution in [0.1, 0.15) is 13.3 Å². The fourth-order valence-corrected chi connectivity index (χ4v) is 1.21. The largest absolute Gasteiger partial charge is 0.382 e. The summed E-state index contributed by atoms with van der Waals surface area (Å²) in [6, 6.07) is 5.06. The molecular weight excluding hydrogens is 234 g/mol. The lowest BCUT2D eigenvalue weighted by molar-refractivity contribution is -0.136. The highest BCUT2D eigenvalue weighted by atomic mass is 16.5. The molecule has 2 amide bonds. The standard InChI is InChI=1S/C12H17N3O3/c1-2-18-9-5-8-14-11(16)12(17)15-10-6-3-4-7-13-10/h3-4,6-7H,2,5,8-9H2,1H3,(H,14,16)(H,13,15,17). The maximum atomic E-state index is 11.4. The Balaban J connectivity index is 2.23. The number of nitrogens with one attached hydrogen (secondary N) is 2. The maximum Gasteiger partial charge on any atom is 0.314 e.